The molecule has 0 spiro atoms. The molecule has 0 saturated carbocycles. The van der Waals surface area contributed by atoms with Gasteiger partial charge in [0.05, 0.1) is 5.56 Å². The summed E-state index contributed by atoms with van der Waals surface area (Å²) in [5.74, 6) is 2.19. The first kappa shape index (κ1) is 15.4. The number of nitrogens with zero attached hydrogens (tertiary/aromatic N) is 5. The van der Waals surface area contributed by atoms with Gasteiger partial charge in [-0.15, -0.1) is 0 Å². The van der Waals surface area contributed by atoms with Gasteiger partial charge in [-0.1, -0.05) is 6.07 Å². The summed E-state index contributed by atoms with van der Waals surface area (Å²) in [5, 5.41) is 0. The molecule has 6 heteroatoms. The maximum Gasteiger partial charge on any atom is 0.255 e. The summed E-state index contributed by atoms with van der Waals surface area (Å²) in [6.45, 7) is 5.57. The number of anilines is 1. The maximum atomic E-state index is 12.9. The highest BCUT2D eigenvalue weighted by Crippen LogP contribution is 2.34. The largest absolute Gasteiger partial charge is 0.356 e. The normalized spacial score (nSPS) is 22.2. The monoisotopic (exact) mass is 347 g/mol. The predicted molar refractivity (Wildman–Crippen MR) is 99.3 cm³/mol. The van der Waals surface area contributed by atoms with Gasteiger partial charge in [0.25, 0.3) is 5.91 Å². The summed E-state index contributed by atoms with van der Waals surface area (Å²) >= 11 is 0. The molecule has 132 valence electrons. The molecule has 6 nitrogen and oxygen atoms in total. The zero-order valence-electron chi connectivity index (χ0n) is 14.7. The molecule has 2 aliphatic rings. The van der Waals surface area contributed by atoms with Gasteiger partial charge < -0.3 is 14.2 Å². The molecule has 0 bridgehead atoms. The number of amides is 1. The topological polar surface area (TPSA) is 53.7 Å². The molecule has 0 aromatic carbocycles. The van der Waals surface area contributed by atoms with Gasteiger partial charge in [-0.25, -0.2) is 9.97 Å². The van der Waals surface area contributed by atoms with Crippen LogP contribution in [0, 0.1) is 18.8 Å². The Kier molecular flexibility index (Phi) is 3.45. The Bertz CT molecular complexity index is 934. The van der Waals surface area contributed by atoms with Crippen molar-refractivity contribution in [2.75, 3.05) is 31.1 Å². The number of rotatable bonds is 2. The van der Waals surface area contributed by atoms with E-state index in [4.69, 9.17) is 0 Å². The molecule has 3 aromatic rings. The average molecular weight is 347 g/mol. The van der Waals surface area contributed by atoms with E-state index in [9.17, 15) is 4.79 Å². The number of aromatic nitrogens is 3. The molecule has 2 saturated heterocycles. The fraction of sp³-hybridized carbons (Fsp3) is 0.350. The highest BCUT2D eigenvalue weighted by Gasteiger charge is 2.42. The molecule has 0 aliphatic carbocycles. The Hall–Kier alpha value is -2.89. The van der Waals surface area contributed by atoms with E-state index in [0.717, 1.165) is 48.8 Å². The number of aryl methyl sites for hydroxylation is 1. The van der Waals surface area contributed by atoms with Crippen molar-refractivity contribution in [3.63, 3.8) is 0 Å². The third kappa shape index (κ3) is 2.53. The summed E-state index contributed by atoms with van der Waals surface area (Å²) in [6.07, 6.45) is 5.54. The molecule has 2 aliphatic heterocycles. The van der Waals surface area contributed by atoms with Gasteiger partial charge in [0.15, 0.2) is 0 Å². The first-order valence-electron chi connectivity index (χ1n) is 9.07. The molecule has 5 rings (SSSR count). The van der Waals surface area contributed by atoms with E-state index in [1.807, 2.05) is 58.9 Å². The maximum absolute atomic E-state index is 12.9. The Morgan fingerprint density at radius 1 is 1.08 bits per heavy atom. The Morgan fingerprint density at radius 3 is 2.62 bits per heavy atom. The van der Waals surface area contributed by atoms with Crippen molar-refractivity contribution in [1.29, 1.82) is 0 Å². The van der Waals surface area contributed by atoms with E-state index in [1.165, 1.54) is 0 Å². The van der Waals surface area contributed by atoms with Crippen LogP contribution in [-0.2, 0) is 0 Å². The fourth-order valence-electron chi connectivity index (χ4n) is 4.31. The minimum atomic E-state index is 0.146. The Morgan fingerprint density at radius 2 is 1.88 bits per heavy atom. The zero-order chi connectivity index (χ0) is 17.7. The lowest BCUT2D eigenvalue weighted by Crippen LogP contribution is -2.33. The zero-order valence-corrected chi connectivity index (χ0v) is 14.7. The molecule has 26 heavy (non-hydrogen) atoms. The van der Waals surface area contributed by atoms with Crippen molar-refractivity contribution in [3.8, 4) is 0 Å². The van der Waals surface area contributed by atoms with Crippen molar-refractivity contribution in [2.24, 2.45) is 11.8 Å². The lowest BCUT2D eigenvalue weighted by atomic mass is 10.0. The van der Waals surface area contributed by atoms with Crippen LogP contribution >= 0.6 is 0 Å². The van der Waals surface area contributed by atoms with Crippen LogP contribution in [0.25, 0.3) is 5.52 Å². The van der Waals surface area contributed by atoms with Crippen molar-refractivity contribution in [1.82, 2.24) is 19.3 Å². The van der Waals surface area contributed by atoms with E-state index < -0.39 is 0 Å². The summed E-state index contributed by atoms with van der Waals surface area (Å²) in [4.78, 5) is 25.9. The van der Waals surface area contributed by atoms with Gasteiger partial charge in [-0.2, -0.15) is 0 Å². The molecule has 0 radical (unpaired) electrons. The molecule has 0 N–H and O–H groups in total. The van der Waals surface area contributed by atoms with E-state index in [1.54, 1.807) is 6.33 Å². The van der Waals surface area contributed by atoms with Crippen LogP contribution in [0.1, 0.15) is 16.1 Å². The summed E-state index contributed by atoms with van der Waals surface area (Å²) in [7, 11) is 0. The molecule has 2 atom stereocenters. The van der Waals surface area contributed by atoms with E-state index in [-0.39, 0.29) is 5.91 Å². The summed E-state index contributed by atoms with van der Waals surface area (Å²) in [5.41, 5.74) is 2.82. The third-order valence-corrected chi connectivity index (χ3v) is 5.64. The van der Waals surface area contributed by atoms with E-state index >= 15 is 0 Å². The van der Waals surface area contributed by atoms with Crippen LogP contribution < -0.4 is 4.90 Å². The molecule has 1 amide bonds. The average Bonchev–Trinajstić information content (AvgIpc) is 3.33. The standard InChI is InChI=1S/C20H21N5O/c1-14-6-19(22-13-21-14)24-9-16-11-25(12-17(16)10-24)20(26)15-7-18-4-2-3-5-23(18)8-15/h2-8,13,16-17H,9-12H2,1H3. The van der Waals surface area contributed by atoms with Crippen LogP contribution in [0.2, 0.25) is 0 Å². The molecule has 2 unspecified atom stereocenters. The first-order valence-corrected chi connectivity index (χ1v) is 9.07. The van der Waals surface area contributed by atoms with Crippen LogP contribution in [0.5, 0.6) is 0 Å². The van der Waals surface area contributed by atoms with Crippen LogP contribution in [0.3, 0.4) is 0 Å². The van der Waals surface area contributed by atoms with Gasteiger partial charge in [0.2, 0.25) is 0 Å². The van der Waals surface area contributed by atoms with Gasteiger partial charge in [0.1, 0.15) is 12.1 Å². The Balaban J connectivity index is 1.29. The molecule has 3 aromatic heterocycles. The third-order valence-electron chi connectivity index (χ3n) is 5.64. The highest BCUT2D eigenvalue weighted by atomic mass is 16.2. The van der Waals surface area contributed by atoms with Crippen LogP contribution in [0.15, 0.2) is 49.1 Å². The minimum absolute atomic E-state index is 0.146. The number of hydrogen-bond acceptors (Lipinski definition) is 4. The van der Waals surface area contributed by atoms with E-state index in [0.29, 0.717) is 11.8 Å². The number of carbonyl (C=O) groups is 1. The lowest BCUT2D eigenvalue weighted by molar-refractivity contribution is 0.0782. The van der Waals surface area contributed by atoms with Gasteiger partial charge >= 0.3 is 0 Å². The molecular weight excluding hydrogens is 326 g/mol. The number of likely N-dealkylation sites (tertiary alicyclic amines) is 1. The number of pyridine rings is 1. The molecular formula is C20H21N5O. The second-order valence-corrected chi connectivity index (χ2v) is 7.41. The quantitative estimate of drug-likeness (QED) is 0.713. The second-order valence-electron chi connectivity index (χ2n) is 7.41. The Labute approximate surface area is 152 Å². The molecule has 5 heterocycles. The van der Waals surface area contributed by atoms with Crippen molar-refractivity contribution in [2.45, 2.75) is 6.92 Å². The predicted octanol–water partition coefficient (Wildman–Crippen LogP) is 2.25. The second kappa shape index (κ2) is 5.83. The smallest absolute Gasteiger partial charge is 0.255 e. The molecule has 2 fully saturated rings. The summed E-state index contributed by atoms with van der Waals surface area (Å²) in [6, 6.07) is 10.0. The van der Waals surface area contributed by atoms with Gasteiger partial charge in [-0.3, -0.25) is 4.79 Å². The van der Waals surface area contributed by atoms with E-state index in [2.05, 4.69) is 14.9 Å². The van der Waals surface area contributed by atoms with Crippen LogP contribution in [-0.4, -0.2) is 51.4 Å². The first-order chi connectivity index (χ1) is 12.7. The SMILES string of the molecule is Cc1cc(N2CC3CN(C(=O)c4cc5ccccn5c4)CC3C2)ncn1. The fourth-order valence-corrected chi connectivity index (χ4v) is 4.31. The van der Waals surface area contributed by atoms with Crippen molar-refractivity contribution >= 4 is 17.2 Å². The number of carbonyl (C=O) groups excluding carboxylic acids is 1. The van der Waals surface area contributed by atoms with Gasteiger partial charge in [-0.05, 0) is 25.1 Å². The lowest BCUT2D eigenvalue weighted by Gasteiger charge is -2.22. The van der Waals surface area contributed by atoms with Crippen molar-refractivity contribution in [3.05, 3.63) is 60.3 Å². The van der Waals surface area contributed by atoms with Gasteiger partial charge in [0, 0.05) is 67.7 Å². The van der Waals surface area contributed by atoms with Crippen LogP contribution in [0.4, 0.5) is 5.82 Å². The highest BCUT2D eigenvalue weighted by molar-refractivity contribution is 5.95. The summed E-state index contributed by atoms with van der Waals surface area (Å²) < 4.78 is 2.00. The van der Waals surface area contributed by atoms with Crippen molar-refractivity contribution < 1.29 is 4.79 Å². The minimum Gasteiger partial charge on any atom is -0.356 e. The number of hydrogen-bond donors (Lipinski definition) is 0. The number of fused-ring (bicyclic) bond motifs is 2.